The molecule has 0 fully saturated rings. The van der Waals surface area contributed by atoms with Crippen LogP contribution in [0.15, 0.2) is 12.2 Å². The summed E-state index contributed by atoms with van der Waals surface area (Å²) in [4.78, 5) is 28.2. The highest BCUT2D eigenvalue weighted by Crippen LogP contribution is 2.35. The molecular formula is C10H19O6P. The van der Waals surface area contributed by atoms with Crippen LogP contribution in [-0.2, 0) is 14.1 Å². The predicted octanol–water partition coefficient (Wildman–Crippen LogP) is 0.815. The van der Waals surface area contributed by atoms with Crippen LogP contribution in [0, 0.1) is 0 Å². The molecule has 0 aromatic rings. The summed E-state index contributed by atoms with van der Waals surface area (Å²) in [6, 6.07) is 0. The Bertz CT molecular complexity index is 308. The van der Waals surface area contributed by atoms with E-state index in [0.717, 1.165) is 0 Å². The van der Waals surface area contributed by atoms with Gasteiger partial charge in [0.1, 0.15) is 6.61 Å². The molecule has 0 amide bonds. The Balaban J connectivity index is 3.60. The van der Waals surface area contributed by atoms with Crippen LogP contribution in [0.25, 0.3) is 0 Å². The summed E-state index contributed by atoms with van der Waals surface area (Å²) in [5, 5.41) is 9.41. The highest BCUT2D eigenvalue weighted by Gasteiger charge is 2.13. The lowest BCUT2D eigenvalue weighted by atomic mass is 10.2. The van der Waals surface area contributed by atoms with Crippen LogP contribution < -0.4 is 0 Å². The van der Waals surface area contributed by atoms with Crippen LogP contribution in [0.5, 0.6) is 0 Å². The molecule has 100 valence electrons. The van der Waals surface area contributed by atoms with Crippen molar-refractivity contribution >= 4 is 13.6 Å². The molecule has 3 N–H and O–H groups in total. The monoisotopic (exact) mass is 266 g/mol. The predicted molar refractivity (Wildman–Crippen MR) is 62.5 cm³/mol. The second kappa shape index (κ2) is 7.61. The third-order valence-electron chi connectivity index (χ3n) is 1.99. The largest absolute Gasteiger partial charge is 0.460 e. The lowest BCUT2D eigenvalue weighted by molar-refractivity contribution is -0.142. The first kappa shape index (κ1) is 16.3. The van der Waals surface area contributed by atoms with Gasteiger partial charge in [-0.1, -0.05) is 13.0 Å². The zero-order valence-electron chi connectivity index (χ0n) is 9.83. The minimum atomic E-state index is -3.95. The number of rotatable bonds is 8. The molecular weight excluding hydrogens is 247 g/mol. The van der Waals surface area contributed by atoms with Crippen LogP contribution in [0.1, 0.15) is 26.2 Å². The fourth-order valence-electron chi connectivity index (χ4n) is 1.08. The maximum absolute atomic E-state index is 11.0. The van der Waals surface area contributed by atoms with Gasteiger partial charge in [-0.25, -0.2) is 4.79 Å². The number of carbonyl (C=O) groups is 1. The Labute approximate surface area is 100 Å². The van der Waals surface area contributed by atoms with Crippen LogP contribution >= 0.6 is 7.60 Å². The van der Waals surface area contributed by atoms with Gasteiger partial charge >= 0.3 is 13.6 Å². The quantitative estimate of drug-likeness (QED) is 0.260. The Hall–Kier alpha value is -0.680. The highest BCUT2D eigenvalue weighted by molar-refractivity contribution is 7.51. The SMILES string of the molecule is C=C(C)C(=O)OCC(O)CCCCP(=O)(O)O. The fraction of sp³-hybridized carbons (Fsp3) is 0.700. The summed E-state index contributed by atoms with van der Waals surface area (Å²) in [5.41, 5.74) is 0.263. The van der Waals surface area contributed by atoms with Gasteiger partial charge in [-0.3, -0.25) is 4.57 Å². The molecule has 0 radical (unpaired) electrons. The fourth-order valence-corrected chi connectivity index (χ4v) is 1.71. The number of aliphatic hydroxyl groups excluding tert-OH is 1. The second-order valence-electron chi connectivity index (χ2n) is 3.92. The van der Waals surface area contributed by atoms with E-state index >= 15 is 0 Å². The third kappa shape index (κ3) is 10.2. The molecule has 6 nitrogen and oxygen atoms in total. The van der Waals surface area contributed by atoms with Gasteiger partial charge in [0.25, 0.3) is 0 Å². The van der Waals surface area contributed by atoms with Gasteiger partial charge in [0.15, 0.2) is 0 Å². The van der Waals surface area contributed by atoms with E-state index in [1.807, 2.05) is 0 Å². The Kier molecular flexibility index (Phi) is 7.30. The highest BCUT2D eigenvalue weighted by atomic mass is 31.2. The van der Waals surface area contributed by atoms with Crippen molar-refractivity contribution in [2.24, 2.45) is 0 Å². The van der Waals surface area contributed by atoms with Gasteiger partial charge in [-0.05, 0) is 19.8 Å². The number of ether oxygens (including phenoxy) is 1. The first-order valence-electron chi connectivity index (χ1n) is 5.27. The Morgan fingerprint density at radius 1 is 1.41 bits per heavy atom. The summed E-state index contributed by atoms with van der Waals surface area (Å²) in [6.07, 6.45) is 0.136. The molecule has 0 aliphatic rings. The van der Waals surface area contributed by atoms with E-state index in [1.165, 1.54) is 6.92 Å². The molecule has 1 unspecified atom stereocenters. The van der Waals surface area contributed by atoms with Crippen molar-refractivity contribution in [2.45, 2.75) is 32.3 Å². The average molecular weight is 266 g/mol. The lowest BCUT2D eigenvalue weighted by Gasteiger charge is -2.11. The van der Waals surface area contributed by atoms with E-state index in [0.29, 0.717) is 19.3 Å². The Morgan fingerprint density at radius 2 is 2.00 bits per heavy atom. The molecule has 0 aliphatic heterocycles. The van der Waals surface area contributed by atoms with E-state index in [4.69, 9.17) is 14.5 Å². The summed E-state index contributed by atoms with van der Waals surface area (Å²) in [5.74, 6) is -0.556. The van der Waals surface area contributed by atoms with E-state index < -0.39 is 19.7 Å². The lowest BCUT2D eigenvalue weighted by Crippen LogP contribution is -2.18. The molecule has 17 heavy (non-hydrogen) atoms. The van der Waals surface area contributed by atoms with E-state index in [-0.39, 0.29) is 18.3 Å². The standard InChI is InChI=1S/C10H19O6P/c1-8(2)10(12)16-7-9(11)5-3-4-6-17(13,14)15/h9,11H,1,3-7H2,2H3,(H2,13,14,15). The van der Waals surface area contributed by atoms with Gasteiger partial charge < -0.3 is 19.6 Å². The molecule has 0 aliphatic carbocycles. The maximum Gasteiger partial charge on any atom is 0.333 e. The zero-order chi connectivity index (χ0) is 13.5. The normalized spacial score (nSPS) is 13.2. The molecule has 0 aromatic heterocycles. The summed E-state index contributed by atoms with van der Waals surface area (Å²) in [6.45, 7) is 4.78. The van der Waals surface area contributed by atoms with Crippen molar-refractivity contribution in [3.63, 3.8) is 0 Å². The average Bonchev–Trinajstić information content (AvgIpc) is 2.19. The Morgan fingerprint density at radius 3 is 2.47 bits per heavy atom. The first-order chi connectivity index (χ1) is 7.72. The number of unbranched alkanes of at least 4 members (excludes halogenated alkanes) is 1. The van der Waals surface area contributed by atoms with Gasteiger partial charge in [-0.15, -0.1) is 0 Å². The molecule has 0 saturated carbocycles. The summed E-state index contributed by atoms with van der Waals surface area (Å²) < 4.78 is 15.2. The minimum absolute atomic E-state index is 0.123. The molecule has 0 heterocycles. The van der Waals surface area contributed by atoms with E-state index in [1.54, 1.807) is 0 Å². The molecule has 1 atom stereocenters. The van der Waals surface area contributed by atoms with E-state index in [2.05, 4.69) is 6.58 Å². The van der Waals surface area contributed by atoms with Crippen molar-refractivity contribution in [1.82, 2.24) is 0 Å². The topological polar surface area (TPSA) is 104 Å². The van der Waals surface area contributed by atoms with Gasteiger partial charge in [0, 0.05) is 11.7 Å². The number of aliphatic hydroxyl groups is 1. The van der Waals surface area contributed by atoms with Crippen LogP contribution in [-0.4, -0.2) is 39.7 Å². The van der Waals surface area contributed by atoms with Crippen molar-refractivity contribution in [2.75, 3.05) is 12.8 Å². The van der Waals surface area contributed by atoms with Crippen LogP contribution in [0.4, 0.5) is 0 Å². The second-order valence-corrected chi connectivity index (χ2v) is 5.69. The zero-order valence-corrected chi connectivity index (χ0v) is 10.7. The molecule has 7 heteroatoms. The minimum Gasteiger partial charge on any atom is -0.460 e. The molecule has 0 spiro atoms. The molecule has 0 aromatic carbocycles. The number of hydrogen-bond donors (Lipinski definition) is 3. The maximum atomic E-state index is 11.0. The van der Waals surface area contributed by atoms with Crippen molar-refractivity contribution in [3.05, 3.63) is 12.2 Å². The molecule has 0 bridgehead atoms. The van der Waals surface area contributed by atoms with Gasteiger partial charge in [0.2, 0.25) is 0 Å². The molecule has 0 saturated heterocycles. The van der Waals surface area contributed by atoms with Crippen molar-refractivity contribution in [3.8, 4) is 0 Å². The smallest absolute Gasteiger partial charge is 0.333 e. The van der Waals surface area contributed by atoms with Crippen molar-refractivity contribution < 1.29 is 29.0 Å². The number of hydrogen-bond acceptors (Lipinski definition) is 4. The van der Waals surface area contributed by atoms with Gasteiger partial charge in [0.05, 0.1) is 6.10 Å². The number of carbonyl (C=O) groups excluding carboxylic acids is 1. The van der Waals surface area contributed by atoms with Gasteiger partial charge in [-0.2, -0.15) is 0 Å². The summed E-state index contributed by atoms with van der Waals surface area (Å²) >= 11 is 0. The first-order valence-corrected chi connectivity index (χ1v) is 7.07. The van der Waals surface area contributed by atoms with Crippen molar-refractivity contribution in [1.29, 1.82) is 0 Å². The van der Waals surface area contributed by atoms with E-state index in [9.17, 15) is 14.5 Å². The number of esters is 1. The van der Waals surface area contributed by atoms with Crippen LogP contribution in [0.3, 0.4) is 0 Å². The summed E-state index contributed by atoms with van der Waals surface area (Å²) in [7, 11) is -3.95. The molecule has 0 rings (SSSR count). The van der Waals surface area contributed by atoms with Crippen LogP contribution in [0.2, 0.25) is 0 Å². The third-order valence-corrected chi connectivity index (χ3v) is 2.89.